The monoisotopic (exact) mass is 359 g/mol. The van der Waals surface area contributed by atoms with Gasteiger partial charge in [-0.1, -0.05) is 50.4 Å². The minimum atomic E-state index is -0.223. The third-order valence-electron chi connectivity index (χ3n) is 5.16. The fourth-order valence-electron chi connectivity index (χ4n) is 3.44. The molecule has 0 radical (unpaired) electrons. The van der Waals surface area contributed by atoms with Crippen molar-refractivity contribution in [2.75, 3.05) is 10.6 Å². The number of amides is 1. The Morgan fingerprint density at radius 1 is 1.24 bits per heavy atom. The Balaban J connectivity index is 1.55. The van der Waals surface area contributed by atoms with Gasteiger partial charge in [-0.15, -0.1) is 10.2 Å². The van der Waals surface area contributed by atoms with Crippen molar-refractivity contribution in [3.63, 3.8) is 0 Å². The maximum atomic E-state index is 12.1. The second-order valence-electron chi connectivity index (χ2n) is 6.82. The lowest BCUT2D eigenvalue weighted by molar-refractivity contribution is 0.102. The van der Waals surface area contributed by atoms with Gasteiger partial charge < -0.3 is 5.32 Å². The maximum Gasteiger partial charge on any atom is 0.259 e. The molecule has 0 saturated heterocycles. The summed E-state index contributed by atoms with van der Waals surface area (Å²) in [6.07, 6.45) is 8.37. The van der Waals surface area contributed by atoms with Crippen LogP contribution in [0.3, 0.4) is 0 Å². The van der Waals surface area contributed by atoms with E-state index in [9.17, 15) is 4.79 Å². The van der Waals surface area contributed by atoms with E-state index >= 15 is 0 Å². The van der Waals surface area contributed by atoms with E-state index in [2.05, 4.69) is 39.7 Å². The van der Waals surface area contributed by atoms with Crippen molar-refractivity contribution in [3.05, 3.63) is 29.4 Å². The van der Waals surface area contributed by atoms with Gasteiger partial charge in [-0.3, -0.25) is 10.1 Å². The summed E-state index contributed by atoms with van der Waals surface area (Å²) in [5.74, 6) is 2.00. The summed E-state index contributed by atoms with van der Waals surface area (Å²) in [6.45, 7) is 4.55. The van der Waals surface area contributed by atoms with Crippen molar-refractivity contribution in [1.82, 2.24) is 15.2 Å². The van der Waals surface area contributed by atoms with Gasteiger partial charge in [0.2, 0.25) is 5.13 Å². The Bertz CT molecular complexity index is 667. The number of rotatable bonds is 6. The van der Waals surface area contributed by atoms with E-state index in [4.69, 9.17) is 0 Å². The van der Waals surface area contributed by atoms with Crippen LogP contribution in [0.1, 0.15) is 56.3 Å². The minimum Gasteiger partial charge on any atom is -0.367 e. The summed E-state index contributed by atoms with van der Waals surface area (Å²) in [5, 5.41) is 14.2. The van der Waals surface area contributed by atoms with Crippen LogP contribution in [0, 0.1) is 11.8 Å². The fourth-order valence-corrected chi connectivity index (χ4v) is 3.88. The van der Waals surface area contributed by atoms with Crippen LogP contribution < -0.4 is 10.6 Å². The van der Waals surface area contributed by atoms with E-state index in [1.807, 2.05) is 6.07 Å². The SMILES string of the molecule is CC(Nc1ccc(C(=O)Nc2nncs2)cn1)C(C)C1CCCCC1. The van der Waals surface area contributed by atoms with E-state index < -0.39 is 0 Å². The topological polar surface area (TPSA) is 79.8 Å². The highest BCUT2D eigenvalue weighted by molar-refractivity contribution is 7.13. The van der Waals surface area contributed by atoms with E-state index in [0.29, 0.717) is 22.7 Å². The zero-order valence-corrected chi connectivity index (χ0v) is 15.6. The Hall–Kier alpha value is -2.02. The highest BCUT2D eigenvalue weighted by atomic mass is 32.1. The molecule has 2 aromatic heterocycles. The summed E-state index contributed by atoms with van der Waals surface area (Å²) in [7, 11) is 0. The Labute approximate surface area is 152 Å². The second kappa shape index (κ2) is 8.38. The van der Waals surface area contributed by atoms with Gasteiger partial charge in [-0.25, -0.2) is 4.98 Å². The van der Waals surface area contributed by atoms with Gasteiger partial charge in [-0.2, -0.15) is 0 Å². The maximum absolute atomic E-state index is 12.1. The number of hydrogen-bond donors (Lipinski definition) is 2. The minimum absolute atomic E-state index is 0.223. The number of carbonyl (C=O) groups is 1. The molecule has 7 heteroatoms. The van der Waals surface area contributed by atoms with Crippen LogP contribution in [0.5, 0.6) is 0 Å². The van der Waals surface area contributed by atoms with Crippen LogP contribution >= 0.6 is 11.3 Å². The third-order valence-corrected chi connectivity index (χ3v) is 5.77. The summed E-state index contributed by atoms with van der Waals surface area (Å²) in [4.78, 5) is 16.5. The molecule has 0 bridgehead atoms. The quantitative estimate of drug-likeness (QED) is 0.808. The lowest BCUT2D eigenvalue weighted by Gasteiger charge is -2.32. The molecule has 2 unspecified atom stereocenters. The normalized spacial score (nSPS) is 17.7. The lowest BCUT2D eigenvalue weighted by atomic mass is 9.78. The van der Waals surface area contributed by atoms with Crippen molar-refractivity contribution in [1.29, 1.82) is 0 Å². The van der Waals surface area contributed by atoms with E-state index in [-0.39, 0.29) is 5.91 Å². The molecule has 2 heterocycles. The van der Waals surface area contributed by atoms with Gasteiger partial charge in [0.1, 0.15) is 11.3 Å². The molecule has 2 aromatic rings. The number of anilines is 2. The molecule has 1 saturated carbocycles. The molecule has 25 heavy (non-hydrogen) atoms. The van der Waals surface area contributed by atoms with E-state index in [1.165, 1.54) is 43.4 Å². The summed E-state index contributed by atoms with van der Waals surface area (Å²) >= 11 is 1.29. The van der Waals surface area contributed by atoms with Crippen molar-refractivity contribution in [2.24, 2.45) is 11.8 Å². The van der Waals surface area contributed by atoms with Crippen LogP contribution in [0.25, 0.3) is 0 Å². The molecule has 3 rings (SSSR count). The Morgan fingerprint density at radius 2 is 2.04 bits per heavy atom. The average molecular weight is 359 g/mol. The van der Waals surface area contributed by atoms with Crippen LogP contribution in [0.15, 0.2) is 23.8 Å². The largest absolute Gasteiger partial charge is 0.367 e. The zero-order chi connectivity index (χ0) is 17.6. The first-order valence-electron chi connectivity index (χ1n) is 8.93. The molecule has 0 aromatic carbocycles. The third kappa shape index (κ3) is 4.75. The van der Waals surface area contributed by atoms with Crippen molar-refractivity contribution >= 4 is 28.2 Å². The van der Waals surface area contributed by atoms with Gasteiger partial charge in [0.05, 0.1) is 5.56 Å². The first-order valence-corrected chi connectivity index (χ1v) is 9.81. The van der Waals surface area contributed by atoms with Gasteiger partial charge in [0, 0.05) is 12.2 Å². The predicted molar refractivity (Wildman–Crippen MR) is 101 cm³/mol. The molecule has 134 valence electrons. The molecule has 6 nitrogen and oxygen atoms in total. The van der Waals surface area contributed by atoms with Crippen LogP contribution in [0.2, 0.25) is 0 Å². The smallest absolute Gasteiger partial charge is 0.259 e. The molecule has 1 amide bonds. The number of pyridine rings is 1. The second-order valence-corrected chi connectivity index (χ2v) is 7.65. The fraction of sp³-hybridized carbons (Fsp3) is 0.556. The molecule has 0 spiro atoms. The molecular weight excluding hydrogens is 334 g/mol. The van der Waals surface area contributed by atoms with Crippen molar-refractivity contribution in [2.45, 2.75) is 52.0 Å². The molecule has 1 aliphatic rings. The Morgan fingerprint density at radius 3 is 2.68 bits per heavy atom. The Kier molecular flexibility index (Phi) is 5.96. The lowest BCUT2D eigenvalue weighted by Crippen LogP contribution is -2.31. The zero-order valence-electron chi connectivity index (χ0n) is 14.7. The summed E-state index contributed by atoms with van der Waals surface area (Å²) in [6, 6.07) is 4.00. The van der Waals surface area contributed by atoms with Crippen molar-refractivity contribution < 1.29 is 4.79 Å². The average Bonchev–Trinajstić information content (AvgIpc) is 3.15. The van der Waals surface area contributed by atoms with Gasteiger partial charge in [0.25, 0.3) is 5.91 Å². The van der Waals surface area contributed by atoms with Crippen LogP contribution in [-0.2, 0) is 0 Å². The number of nitrogens with one attached hydrogen (secondary N) is 2. The highest BCUT2D eigenvalue weighted by Crippen LogP contribution is 2.32. The van der Waals surface area contributed by atoms with Crippen LogP contribution in [-0.4, -0.2) is 27.1 Å². The van der Waals surface area contributed by atoms with Gasteiger partial charge in [-0.05, 0) is 30.9 Å². The number of carbonyl (C=O) groups excluding carboxylic acids is 1. The standard InChI is InChI=1S/C18H25N5OS/c1-12(14-6-4-3-5-7-14)13(2)21-16-9-8-15(10-19-16)17(24)22-18-23-20-11-25-18/h8-14H,3-7H2,1-2H3,(H,19,21)(H,22,23,24). The predicted octanol–water partition coefficient (Wildman–Crippen LogP) is 4.20. The van der Waals surface area contributed by atoms with E-state index in [1.54, 1.807) is 17.8 Å². The van der Waals surface area contributed by atoms with Crippen LogP contribution in [0.4, 0.5) is 10.9 Å². The molecule has 2 atom stereocenters. The molecular formula is C18H25N5OS. The highest BCUT2D eigenvalue weighted by Gasteiger charge is 2.24. The summed E-state index contributed by atoms with van der Waals surface area (Å²) < 4.78 is 0. The summed E-state index contributed by atoms with van der Waals surface area (Å²) in [5.41, 5.74) is 2.09. The molecule has 1 aliphatic carbocycles. The van der Waals surface area contributed by atoms with Crippen molar-refractivity contribution in [3.8, 4) is 0 Å². The number of hydrogen-bond acceptors (Lipinski definition) is 6. The molecule has 2 N–H and O–H groups in total. The van der Waals surface area contributed by atoms with E-state index in [0.717, 1.165) is 11.7 Å². The van der Waals surface area contributed by atoms with Gasteiger partial charge >= 0.3 is 0 Å². The number of nitrogens with zero attached hydrogens (tertiary/aromatic N) is 3. The molecule has 0 aliphatic heterocycles. The van der Waals surface area contributed by atoms with Gasteiger partial charge in [0.15, 0.2) is 0 Å². The first kappa shape index (κ1) is 17.8. The molecule has 1 fully saturated rings. The number of aromatic nitrogens is 3. The first-order chi connectivity index (χ1) is 12.1.